The number of hydrogen-bond acceptors (Lipinski definition) is 2. The second-order valence-electron chi connectivity index (χ2n) is 1.95. The van der Waals surface area contributed by atoms with Gasteiger partial charge in [0.25, 0.3) is 0 Å². The van der Waals surface area contributed by atoms with Gasteiger partial charge < -0.3 is 5.11 Å². The van der Waals surface area contributed by atoms with Gasteiger partial charge in [0, 0.05) is 12.5 Å². The van der Waals surface area contributed by atoms with Gasteiger partial charge in [0.05, 0.1) is 6.54 Å². The van der Waals surface area contributed by atoms with Gasteiger partial charge in [-0.05, 0) is 5.56 Å². The maximum atomic E-state index is 11.6. The predicted molar refractivity (Wildman–Crippen MR) is 42.3 cm³/mol. The van der Waals surface area contributed by atoms with E-state index in [1.165, 1.54) is 0 Å². The Morgan fingerprint density at radius 1 is 1.17 bits per heavy atom. The normalized spacial score (nSPS) is 9.08. The van der Waals surface area contributed by atoms with Gasteiger partial charge in [0.1, 0.15) is 0 Å². The minimum absolute atomic E-state index is 0.305. The van der Waals surface area contributed by atoms with Crippen molar-refractivity contribution < 1.29 is 14.1 Å². The fourth-order valence-corrected chi connectivity index (χ4v) is 0.721. The van der Waals surface area contributed by atoms with Crippen LogP contribution >= 0.6 is 0 Å². The van der Waals surface area contributed by atoms with Crippen LogP contribution in [0.25, 0.3) is 0 Å². The molecule has 1 aromatic rings. The lowest BCUT2D eigenvalue weighted by Crippen LogP contribution is -1.99. The highest BCUT2D eigenvalue weighted by atomic mass is 19.4. The molecule has 12 heavy (non-hydrogen) atoms. The molecule has 1 aromatic carbocycles. The van der Waals surface area contributed by atoms with Gasteiger partial charge in [-0.25, -0.2) is 0 Å². The summed E-state index contributed by atoms with van der Waals surface area (Å²) in [5.74, 6) is 0. The predicted octanol–water partition coefficient (Wildman–Crippen LogP) is 1.87. The Morgan fingerprint density at radius 2 is 1.67 bits per heavy atom. The second kappa shape index (κ2) is 6.69. The minimum Gasteiger partial charge on any atom is -0.400 e. The molecule has 0 heterocycles. The van der Waals surface area contributed by atoms with Gasteiger partial charge in [0.15, 0.2) is 0 Å². The lowest BCUT2D eigenvalue weighted by atomic mass is 10.2. The zero-order valence-corrected chi connectivity index (χ0v) is 6.74. The molecule has 1 rings (SSSR count). The molecular weight excluding hydrogens is 164 g/mol. The summed E-state index contributed by atoms with van der Waals surface area (Å²) in [7, 11) is 1.00. The van der Waals surface area contributed by atoms with E-state index in [2.05, 4.69) is 0 Å². The Hall–Kier alpha value is -1.00. The molecule has 0 amide bonds. The van der Waals surface area contributed by atoms with Crippen molar-refractivity contribution in [1.29, 1.82) is 0 Å². The van der Waals surface area contributed by atoms with Crippen LogP contribution in [0.1, 0.15) is 5.56 Å². The number of aliphatic hydroxyl groups excluding tert-OH is 1. The molecule has 0 unspecified atom stereocenters. The number of halogens is 2. The van der Waals surface area contributed by atoms with Crippen LogP contribution in [0.2, 0.25) is 0 Å². The molecule has 0 aliphatic rings. The highest BCUT2D eigenvalue weighted by Crippen LogP contribution is 2.03. The summed E-state index contributed by atoms with van der Waals surface area (Å²) >= 11 is 0. The van der Waals surface area contributed by atoms with Crippen molar-refractivity contribution in [2.24, 2.45) is 0 Å². The molecule has 0 bridgehead atoms. The van der Waals surface area contributed by atoms with E-state index in [1.54, 1.807) is 30.3 Å². The second-order valence-corrected chi connectivity index (χ2v) is 1.95. The number of benzene rings is 1. The Bertz CT molecular complexity index is 192. The number of rotatable bonds is 2. The summed E-state index contributed by atoms with van der Waals surface area (Å²) in [6, 6.07) is 8.58. The first-order chi connectivity index (χ1) is 5.79. The first-order valence-corrected chi connectivity index (χ1v) is 3.37. The average Bonchev–Trinajstić information content (AvgIpc) is 2.08. The maximum Gasteiger partial charge on any atom is 0.0870 e. The van der Waals surface area contributed by atoms with Crippen LogP contribution < -0.4 is 0 Å². The van der Waals surface area contributed by atoms with Crippen LogP contribution in [0.3, 0.4) is 0 Å². The van der Waals surface area contributed by atoms with Crippen molar-refractivity contribution in [3.8, 4) is 0 Å². The van der Waals surface area contributed by atoms with Crippen molar-refractivity contribution in [2.45, 2.75) is 6.54 Å². The van der Waals surface area contributed by atoms with Gasteiger partial charge >= 0.3 is 0 Å². The van der Waals surface area contributed by atoms with Crippen LogP contribution in [-0.2, 0) is 6.54 Å². The van der Waals surface area contributed by atoms with Crippen LogP contribution in [-0.4, -0.2) is 17.6 Å². The summed E-state index contributed by atoms with van der Waals surface area (Å²) in [4.78, 5) is 0. The molecule has 0 aromatic heterocycles. The van der Waals surface area contributed by atoms with Crippen molar-refractivity contribution in [3.63, 3.8) is 0 Å². The van der Waals surface area contributed by atoms with Gasteiger partial charge in [-0.3, -0.25) is 0 Å². The molecule has 0 aliphatic heterocycles. The van der Waals surface area contributed by atoms with Crippen LogP contribution in [0.4, 0.5) is 8.96 Å². The lowest BCUT2D eigenvalue weighted by molar-refractivity contribution is -0.161. The molecule has 0 saturated carbocycles. The average molecular weight is 175 g/mol. The molecule has 0 spiro atoms. The quantitative estimate of drug-likeness (QED) is 0.693. The number of hydrogen-bond donors (Lipinski definition) is 1. The van der Waals surface area contributed by atoms with E-state index in [1.807, 2.05) is 0 Å². The molecular formula is C8H11F2NO. The summed E-state index contributed by atoms with van der Waals surface area (Å²) in [5, 5.41) is 6.16. The van der Waals surface area contributed by atoms with Crippen LogP contribution in [0, 0.1) is 0 Å². The third kappa shape index (κ3) is 4.76. The first kappa shape index (κ1) is 11.0. The van der Waals surface area contributed by atoms with Gasteiger partial charge in [-0.1, -0.05) is 30.3 Å². The van der Waals surface area contributed by atoms with E-state index in [0.717, 1.165) is 7.11 Å². The zero-order chi connectivity index (χ0) is 9.40. The summed E-state index contributed by atoms with van der Waals surface area (Å²) in [5.41, 5.74) is 0.618. The van der Waals surface area contributed by atoms with Crippen molar-refractivity contribution >= 4 is 0 Å². The third-order valence-corrected chi connectivity index (χ3v) is 1.14. The zero-order valence-electron chi connectivity index (χ0n) is 6.74. The highest BCUT2D eigenvalue weighted by Gasteiger charge is 1.98. The SMILES string of the molecule is CO.FN(F)Cc1ccccc1. The van der Waals surface area contributed by atoms with Crippen molar-refractivity contribution in [3.05, 3.63) is 35.9 Å². The molecule has 1 N–H and O–H groups in total. The van der Waals surface area contributed by atoms with Gasteiger partial charge in [-0.2, -0.15) is 0 Å². The molecule has 0 aliphatic carbocycles. The van der Waals surface area contributed by atoms with Crippen molar-refractivity contribution in [2.75, 3.05) is 7.11 Å². The molecule has 0 saturated heterocycles. The Labute approximate surface area is 69.9 Å². The van der Waals surface area contributed by atoms with E-state index in [-0.39, 0.29) is 6.54 Å². The van der Waals surface area contributed by atoms with E-state index in [9.17, 15) is 8.96 Å². The van der Waals surface area contributed by atoms with E-state index in [4.69, 9.17) is 5.11 Å². The first-order valence-electron chi connectivity index (χ1n) is 3.37. The van der Waals surface area contributed by atoms with Gasteiger partial charge in [0.2, 0.25) is 0 Å². The fourth-order valence-electron chi connectivity index (χ4n) is 0.721. The Morgan fingerprint density at radius 3 is 2.08 bits per heavy atom. The molecule has 68 valence electrons. The molecule has 0 fully saturated rings. The minimum atomic E-state index is -0.838. The van der Waals surface area contributed by atoms with E-state index < -0.39 is 5.34 Å². The molecule has 0 radical (unpaired) electrons. The van der Waals surface area contributed by atoms with E-state index >= 15 is 0 Å². The Balaban J connectivity index is 0.000000561. The van der Waals surface area contributed by atoms with Crippen LogP contribution in [0.5, 0.6) is 0 Å². The molecule has 4 heteroatoms. The fraction of sp³-hybridized carbons (Fsp3) is 0.250. The maximum absolute atomic E-state index is 11.6. The summed E-state index contributed by atoms with van der Waals surface area (Å²) in [6.45, 7) is -0.305. The van der Waals surface area contributed by atoms with Crippen molar-refractivity contribution in [1.82, 2.24) is 5.34 Å². The number of nitrogens with zero attached hydrogens (tertiary/aromatic N) is 1. The standard InChI is InChI=1S/C7H7F2N.CH4O/c8-10(9)6-7-4-2-1-3-5-7;1-2/h1-5H,6H2;2H,1H3. The lowest BCUT2D eigenvalue weighted by Gasteiger charge is -1.98. The Kier molecular flexibility index (Phi) is 6.14. The smallest absolute Gasteiger partial charge is 0.0870 e. The van der Waals surface area contributed by atoms with Gasteiger partial charge in [-0.15, -0.1) is 8.96 Å². The topological polar surface area (TPSA) is 23.5 Å². The number of aliphatic hydroxyl groups is 1. The summed E-state index contributed by atoms with van der Waals surface area (Å²) in [6.07, 6.45) is 0. The third-order valence-electron chi connectivity index (χ3n) is 1.14. The largest absolute Gasteiger partial charge is 0.400 e. The molecule has 0 atom stereocenters. The monoisotopic (exact) mass is 175 g/mol. The highest BCUT2D eigenvalue weighted by molar-refractivity contribution is 5.13. The molecule has 2 nitrogen and oxygen atoms in total. The van der Waals surface area contributed by atoms with Crippen LogP contribution in [0.15, 0.2) is 30.3 Å². The summed E-state index contributed by atoms with van der Waals surface area (Å²) < 4.78 is 23.1. The van der Waals surface area contributed by atoms with E-state index in [0.29, 0.717) is 5.56 Å².